The van der Waals surface area contributed by atoms with Crippen LogP contribution in [0.15, 0.2) is 29.2 Å². The van der Waals surface area contributed by atoms with Crippen molar-refractivity contribution in [1.29, 1.82) is 0 Å². The van der Waals surface area contributed by atoms with Gasteiger partial charge in [0.2, 0.25) is 0 Å². The molecule has 1 aromatic carbocycles. The van der Waals surface area contributed by atoms with E-state index in [1.807, 2.05) is 13.8 Å². The molecule has 0 radical (unpaired) electrons. The molecule has 8 heteroatoms. The van der Waals surface area contributed by atoms with Crippen molar-refractivity contribution in [1.82, 2.24) is 0 Å². The Kier molecular flexibility index (Phi) is 10.6. The van der Waals surface area contributed by atoms with Gasteiger partial charge < -0.3 is 19.7 Å². The summed E-state index contributed by atoms with van der Waals surface area (Å²) in [4.78, 5) is 1.47. The molecular weight excluding hydrogens is 333 g/mol. The van der Waals surface area contributed by atoms with E-state index < -0.39 is 10.1 Å². The van der Waals surface area contributed by atoms with Gasteiger partial charge in [-0.05, 0) is 31.0 Å². The molecule has 1 rings (SSSR count). The van der Waals surface area contributed by atoms with Gasteiger partial charge in [0, 0.05) is 5.69 Å². The van der Waals surface area contributed by atoms with Crippen molar-refractivity contribution in [3.8, 4) is 0 Å². The summed E-state index contributed by atoms with van der Waals surface area (Å²) in [6.07, 6.45) is 1.25. The standard InChI is InChI=1S/C14H23NO5S.K/c1-3-11(9-16)15(12(4-2)10-17)13-6-5-7-14(8-13)21(18,19)20;/h5-8,11-12,16-17H,3-4,9-10H2,1-2H3,(H,18,19,20);/q;+1/p-1. The minimum atomic E-state index is -4.54. The van der Waals surface area contributed by atoms with Crippen LogP contribution in [0.5, 0.6) is 0 Å². The summed E-state index contributed by atoms with van der Waals surface area (Å²) in [7, 11) is -4.54. The zero-order chi connectivity index (χ0) is 16.0. The zero-order valence-corrected chi connectivity index (χ0v) is 17.2. The number of hydrogen-bond acceptors (Lipinski definition) is 6. The van der Waals surface area contributed by atoms with Crippen molar-refractivity contribution in [2.75, 3.05) is 18.1 Å². The van der Waals surface area contributed by atoms with Crippen LogP contribution in [0.2, 0.25) is 0 Å². The summed E-state index contributed by atoms with van der Waals surface area (Å²) < 4.78 is 33.5. The molecule has 0 aliphatic carbocycles. The SMILES string of the molecule is CCC(CO)N(c1cccc(S(=O)(=O)[O-])c1)C(CC)CO.[K+]. The van der Waals surface area contributed by atoms with Crippen molar-refractivity contribution in [2.45, 2.75) is 43.7 Å². The Bertz CT molecular complexity index is 532. The Morgan fingerprint density at radius 1 is 1.14 bits per heavy atom. The fraction of sp³-hybridized carbons (Fsp3) is 0.571. The molecule has 0 aliphatic rings. The van der Waals surface area contributed by atoms with Crippen LogP contribution in [0.3, 0.4) is 0 Å². The van der Waals surface area contributed by atoms with Crippen molar-refractivity contribution in [2.24, 2.45) is 0 Å². The Morgan fingerprint density at radius 2 is 1.64 bits per heavy atom. The Hall–Kier alpha value is 0.486. The molecule has 0 amide bonds. The number of anilines is 1. The Morgan fingerprint density at radius 3 is 2.00 bits per heavy atom. The number of benzene rings is 1. The van der Waals surface area contributed by atoms with Gasteiger partial charge in [-0.25, -0.2) is 8.42 Å². The minimum Gasteiger partial charge on any atom is -0.744 e. The fourth-order valence-corrected chi connectivity index (χ4v) is 2.86. The first kappa shape index (κ1) is 22.5. The topological polar surface area (TPSA) is 101 Å². The molecular formula is C14H22KNO5S. The molecule has 0 spiro atoms. The van der Waals surface area contributed by atoms with Gasteiger partial charge in [-0.2, -0.15) is 0 Å². The van der Waals surface area contributed by atoms with Crippen molar-refractivity contribution in [3.05, 3.63) is 24.3 Å². The Labute approximate surface area is 174 Å². The second kappa shape index (κ2) is 10.4. The van der Waals surface area contributed by atoms with E-state index in [2.05, 4.69) is 0 Å². The van der Waals surface area contributed by atoms with Gasteiger partial charge in [-0.1, -0.05) is 19.9 Å². The molecule has 0 aromatic heterocycles. The summed E-state index contributed by atoms with van der Waals surface area (Å²) in [5.41, 5.74) is 0.508. The van der Waals surface area contributed by atoms with Crippen molar-refractivity contribution < 1.29 is 74.6 Å². The molecule has 22 heavy (non-hydrogen) atoms. The van der Waals surface area contributed by atoms with E-state index >= 15 is 0 Å². The molecule has 2 N–H and O–H groups in total. The molecule has 0 aliphatic heterocycles. The normalized spacial score (nSPS) is 14.0. The van der Waals surface area contributed by atoms with Crippen molar-refractivity contribution >= 4 is 15.8 Å². The molecule has 1 aromatic rings. The van der Waals surface area contributed by atoms with Crippen LogP contribution < -0.4 is 56.3 Å². The number of hydrogen-bond donors (Lipinski definition) is 2. The first-order valence-electron chi connectivity index (χ1n) is 6.95. The predicted octanol–water partition coefficient (Wildman–Crippen LogP) is -2.06. The van der Waals surface area contributed by atoms with Crippen LogP contribution in [0.1, 0.15) is 26.7 Å². The van der Waals surface area contributed by atoms with Gasteiger partial charge >= 0.3 is 51.4 Å². The average Bonchev–Trinajstić information content (AvgIpc) is 2.47. The van der Waals surface area contributed by atoms with E-state index in [4.69, 9.17) is 0 Å². The summed E-state index contributed by atoms with van der Waals surface area (Å²) in [6, 6.07) is 5.17. The van der Waals surface area contributed by atoms with Gasteiger partial charge in [-0.3, -0.25) is 0 Å². The Balaban J connectivity index is 0.00000441. The summed E-state index contributed by atoms with van der Waals surface area (Å²) in [5.74, 6) is 0. The van der Waals surface area contributed by atoms with E-state index in [1.165, 1.54) is 18.2 Å². The molecule has 0 fully saturated rings. The van der Waals surface area contributed by atoms with Crippen LogP contribution in [0, 0.1) is 0 Å². The first-order valence-corrected chi connectivity index (χ1v) is 8.35. The number of aliphatic hydroxyl groups is 2. The van der Waals surface area contributed by atoms with Gasteiger partial charge in [0.15, 0.2) is 0 Å². The van der Waals surface area contributed by atoms with E-state index in [-0.39, 0.29) is 81.6 Å². The monoisotopic (exact) mass is 355 g/mol. The second-order valence-corrected chi connectivity index (χ2v) is 6.23. The molecule has 0 saturated carbocycles. The molecule has 120 valence electrons. The zero-order valence-electron chi connectivity index (χ0n) is 13.3. The third kappa shape index (κ3) is 5.84. The molecule has 0 saturated heterocycles. The van der Waals surface area contributed by atoms with Crippen LogP contribution in [0.4, 0.5) is 5.69 Å². The van der Waals surface area contributed by atoms with Gasteiger partial charge in [0.25, 0.3) is 0 Å². The third-order valence-electron chi connectivity index (χ3n) is 3.56. The largest absolute Gasteiger partial charge is 1.00 e. The summed E-state index contributed by atoms with van der Waals surface area (Å²) in [6.45, 7) is 3.54. The molecule has 2 unspecified atom stereocenters. The van der Waals surface area contributed by atoms with Gasteiger partial charge in [-0.15, -0.1) is 0 Å². The first-order chi connectivity index (χ1) is 9.88. The van der Waals surface area contributed by atoms with Crippen LogP contribution in [-0.4, -0.2) is 48.5 Å². The van der Waals surface area contributed by atoms with Crippen LogP contribution in [-0.2, 0) is 10.1 Å². The maximum atomic E-state index is 11.2. The molecule has 0 heterocycles. The quantitative estimate of drug-likeness (QED) is 0.411. The van der Waals surface area contributed by atoms with Crippen LogP contribution in [0.25, 0.3) is 0 Å². The van der Waals surface area contributed by atoms with E-state index in [0.29, 0.717) is 18.5 Å². The van der Waals surface area contributed by atoms with Crippen LogP contribution >= 0.6 is 0 Å². The van der Waals surface area contributed by atoms with E-state index in [1.54, 1.807) is 11.0 Å². The number of aliphatic hydroxyl groups excluding tert-OH is 2. The minimum absolute atomic E-state index is 0. The van der Waals surface area contributed by atoms with E-state index in [9.17, 15) is 23.2 Å². The van der Waals surface area contributed by atoms with Gasteiger partial charge in [0.1, 0.15) is 10.1 Å². The second-order valence-electron chi connectivity index (χ2n) is 4.85. The maximum absolute atomic E-state index is 11.2. The maximum Gasteiger partial charge on any atom is 1.00 e. The molecule has 2 atom stereocenters. The molecule has 0 bridgehead atoms. The number of nitrogens with zero attached hydrogens (tertiary/aromatic N) is 1. The number of rotatable bonds is 8. The smallest absolute Gasteiger partial charge is 0.744 e. The van der Waals surface area contributed by atoms with E-state index in [0.717, 1.165) is 0 Å². The molecule has 6 nitrogen and oxygen atoms in total. The summed E-state index contributed by atoms with van der Waals surface area (Å²) >= 11 is 0. The third-order valence-corrected chi connectivity index (χ3v) is 4.39. The summed E-state index contributed by atoms with van der Waals surface area (Å²) in [5, 5.41) is 19.0. The fourth-order valence-electron chi connectivity index (χ4n) is 2.35. The van der Waals surface area contributed by atoms with Gasteiger partial charge in [0.05, 0.1) is 30.2 Å². The average molecular weight is 355 g/mol. The van der Waals surface area contributed by atoms with Crippen molar-refractivity contribution in [3.63, 3.8) is 0 Å². The predicted molar refractivity (Wildman–Crippen MR) is 79.2 cm³/mol.